The fourth-order valence-electron chi connectivity index (χ4n) is 3.81. The molecule has 0 saturated carbocycles. The van der Waals surface area contributed by atoms with E-state index in [4.69, 9.17) is 39.2 Å². The first-order chi connectivity index (χ1) is 17.7. The van der Waals surface area contributed by atoms with Gasteiger partial charge in [0.1, 0.15) is 5.76 Å². The molecule has 0 spiro atoms. The van der Waals surface area contributed by atoms with Crippen molar-refractivity contribution in [3.63, 3.8) is 0 Å². The van der Waals surface area contributed by atoms with Crippen molar-refractivity contribution in [2.24, 2.45) is 0 Å². The third kappa shape index (κ3) is 5.15. The minimum absolute atomic E-state index is 0.00441. The van der Waals surface area contributed by atoms with E-state index in [1.807, 2.05) is 12.1 Å². The number of hydrogen-bond acceptors (Lipinski definition) is 8. The van der Waals surface area contributed by atoms with Gasteiger partial charge >= 0.3 is 0 Å². The van der Waals surface area contributed by atoms with Crippen LogP contribution in [0, 0.1) is 6.92 Å². The number of hydrogen-bond donors (Lipinski definition) is 1. The molecule has 1 aliphatic rings. The molecule has 0 fully saturated rings. The average Bonchev–Trinajstić information content (AvgIpc) is 3.59. The lowest BCUT2D eigenvalue weighted by Crippen LogP contribution is -2.31. The second-order valence-corrected chi connectivity index (χ2v) is 11.4. The number of rotatable bonds is 7. The number of anilines is 1. The summed E-state index contributed by atoms with van der Waals surface area (Å²) in [7, 11) is 0. The van der Waals surface area contributed by atoms with Crippen molar-refractivity contribution in [1.29, 1.82) is 0 Å². The Bertz CT molecular complexity index is 1550. The van der Waals surface area contributed by atoms with Gasteiger partial charge in [0.2, 0.25) is 10.9 Å². The first-order valence-corrected chi connectivity index (χ1v) is 13.7. The van der Waals surface area contributed by atoms with Crippen LogP contribution in [0.4, 0.5) is 5.13 Å². The number of aliphatic hydroxyl groups is 1. The molecule has 1 unspecified atom stereocenters. The Morgan fingerprint density at radius 2 is 1.84 bits per heavy atom. The zero-order valence-corrected chi connectivity index (χ0v) is 22.8. The molecule has 1 N–H and O–H groups in total. The number of aromatic nitrogens is 2. The summed E-state index contributed by atoms with van der Waals surface area (Å²) in [6.45, 7) is 1.69. The molecule has 0 bridgehead atoms. The molecule has 1 amide bonds. The molecule has 2 aromatic heterocycles. The van der Waals surface area contributed by atoms with Gasteiger partial charge < -0.3 is 9.52 Å². The summed E-state index contributed by atoms with van der Waals surface area (Å²) in [4.78, 5) is 28.0. The standard InChI is InChI=1S/C25H16Cl3N3O4S2/c1-12-2-9-18(35-12)21(32)19-20(14-5-8-16(27)17(28)10-14)31(23(34)22(19)33)24-29-30-25(37-24)36-11-13-3-6-15(26)7-4-13/h2-10,20,33H,11H2,1H3. The number of thioether (sulfide) groups is 1. The number of halogens is 3. The zero-order valence-electron chi connectivity index (χ0n) is 18.9. The van der Waals surface area contributed by atoms with Crippen molar-refractivity contribution in [3.8, 4) is 0 Å². The van der Waals surface area contributed by atoms with Crippen LogP contribution in [0.2, 0.25) is 15.1 Å². The molecule has 1 aliphatic heterocycles. The highest BCUT2D eigenvalue weighted by molar-refractivity contribution is 8.00. The van der Waals surface area contributed by atoms with Gasteiger partial charge in [-0.25, -0.2) is 0 Å². The van der Waals surface area contributed by atoms with Crippen LogP contribution in [-0.2, 0) is 10.5 Å². The summed E-state index contributed by atoms with van der Waals surface area (Å²) in [5.41, 5.74) is 1.35. The number of amides is 1. The first-order valence-electron chi connectivity index (χ1n) is 10.8. The maximum Gasteiger partial charge on any atom is 0.296 e. The van der Waals surface area contributed by atoms with E-state index in [1.54, 1.807) is 43.3 Å². The molecule has 12 heteroatoms. The summed E-state index contributed by atoms with van der Waals surface area (Å²) in [6, 6.07) is 14.3. The minimum Gasteiger partial charge on any atom is -0.503 e. The zero-order chi connectivity index (χ0) is 26.3. The Hall–Kier alpha value is -2.82. The Balaban J connectivity index is 1.51. The van der Waals surface area contributed by atoms with E-state index in [0.29, 0.717) is 31.5 Å². The van der Waals surface area contributed by atoms with Crippen LogP contribution in [0.1, 0.15) is 33.5 Å². The Kier molecular flexibility index (Phi) is 7.33. The fraction of sp³-hybridized carbons (Fsp3) is 0.120. The van der Waals surface area contributed by atoms with Gasteiger partial charge in [-0.1, -0.05) is 76.1 Å². The highest BCUT2D eigenvalue weighted by atomic mass is 35.5. The SMILES string of the molecule is Cc1ccc(C(=O)C2=C(O)C(=O)N(c3nnc(SCc4ccc(Cl)cc4)s3)C2c2ccc(Cl)c(Cl)c2)o1. The van der Waals surface area contributed by atoms with Crippen LogP contribution in [0.15, 0.2) is 74.7 Å². The number of nitrogens with zero attached hydrogens (tertiary/aromatic N) is 3. The van der Waals surface area contributed by atoms with Crippen LogP contribution in [0.25, 0.3) is 0 Å². The molecule has 5 rings (SSSR count). The maximum atomic E-state index is 13.4. The van der Waals surface area contributed by atoms with Gasteiger partial charge in [0.15, 0.2) is 15.9 Å². The normalized spacial score (nSPS) is 15.6. The lowest BCUT2D eigenvalue weighted by Gasteiger charge is -2.24. The molecule has 4 aromatic rings. The lowest BCUT2D eigenvalue weighted by atomic mass is 9.95. The number of aryl methyl sites for hydroxylation is 1. The Labute approximate surface area is 234 Å². The molecule has 2 aromatic carbocycles. The molecule has 0 saturated heterocycles. The third-order valence-electron chi connectivity index (χ3n) is 5.55. The topological polar surface area (TPSA) is 96.5 Å². The molecule has 37 heavy (non-hydrogen) atoms. The Morgan fingerprint density at radius 3 is 2.51 bits per heavy atom. The van der Waals surface area contributed by atoms with E-state index in [1.165, 1.54) is 34.1 Å². The van der Waals surface area contributed by atoms with Gasteiger partial charge in [0.25, 0.3) is 5.91 Å². The van der Waals surface area contributed by atoms with E-state index >= 15 is 0 Å². The molecule has 7 nitrogen and oxygen atoms in total. The molecule has 3 heterocycles. The van der Waals surface area contributed by atoms with Gasteiger partial charge in [-0.15, -0.1) is 10.2 Å². The van der Waals surface area contributed by atoms with E-state index in [-0.39, 0.29) is 21.5 Å². The van der Waals surface area contributed by atoms with E-state index in [2.05, 4.69) is 10.2 Å². The highest BCUT2D eigenvalue weighted by Gasteiger charge is 2.46. The van der Waals surface area contributed by atoms with Crippen LogP contribution >= 0.6 is 57.9 Å². The quantitative estimate of drug-likeness (QED) is 0.135. The molecule has 0 radical (unpaired) electrons. The fourth-order valence-corrected chi connectivity index (χ4v) is 6.06. The Morgan fingerprint density at radius 1 is 1.08 bits per heavy atom. The predicted molar refractivity (Wildman–Crippen MR) is 145 cm³/mol. The number of aliphatic hydroxyl groups excluding tert-OH is 1. The largest absolute Gasteiger partial charge is 0.503 e. The van der Waals surface area contributed by atoms with Gasteiger partial charge in [-0.3, -0.25) is 14.5 Å². The summed E-state index contributed by atoms with van der Waals surface area (Å²) in [5, 5.41) is 20.7. The first kappa shape index (κ1) is 25.8. The van der Waals surface area contributed by atoms with Crippen molar-refractivity contribution in [2.75, 3.05) is 4.90 Å². The highest BCUT2D eigenvalue weighted by Crippen LogP contribution is 2.45. The van der Waals surface area contributed by atoms with Crippen molar-refractivity contribution in [3.05, 3.63) is 104 Å². The number of carbonyl (C=O) groups excluding carboxylic acids is 2. The summed E-state index contributed by atoms with van der Waals surface area (Å²) in [6.07, 6.45) is 0. The number of furan rings is 1. The van der Waals surface area contributed by atoms with Crippen molar-refractivity contribution >= 4 is 74.7 Å². The number of ketones is 1. The van der Waals surface area contributed by atoms with Gasteiger partial charge in [0, 0.05) is 10.8 Å². The number of carbonyl (C=O) groups is 2. The minimum atomic E-state index is -1.03. The van der Waals surface area contributed by atoms with E-state index < -0.39 is 23.5 Å². The van der Waals surface area contributed by atoms with E-state index in [0.717, 1.165) is 5.56 Å². The second-order valence-electron chi connectivity index (χ2n) is 8.02. The number of Topliss-reactive ketones (excluding diaryl/α,β-unsaturated/α-hetero) is 1. The summed E-state index contributed by atoms with van der Waals surface area (Å²) >= 11 is 20.9. The molecular weight excluding hydrogens is 577 g/mol. The van der Waals surface area contributed by atoms with Gasteiger partial charge in [-0.2, -0.15) is 0 Å². The molecular formula is C25H16Cl3N3O4S2. The van der Waals surface area contributed by atoms with Crippen LogP contribution in [-0.4, -0.2) is 27.0 Å². The average molecular weight is 593 g/mol. The molecule has 1 atom stereocenters. The summed E-state index contributed by atoms with van der Waals surface area (Å²) < 4.78 is 6.09. The van der Waals surface area contributed by atoms with Crippen molar-refractivity contribution < 1.29 is 19.1 Å². The second kappa shape index (κ2) is 10.5. The van der Waals surface area contributed by atoms with Crippen LogP contribution in [0.3, 0.4) is 0 Å². The van der Waals surface area contributed by atoms with Crippen LogP contribution in [0.5, 0.6) is 0 Å². The van der Waals surface area contributed by atoms with Crippen molar-refractivity contribution in [2.45, 2.75) is 23.1 Å². The maximum absolute atomic E-state index is 13.4. The van der Waals surface area contributed by atoms with Crippen LogP contribution < -0.4 is 4.90 Å². The molecule has 188 valence electrons. The number of benzene rings is 2. The van der Waals surface area contributed by atoms with Gasteiger partial charge in [0.05, 0.1) is 21.7 Å². The summed E-state index contributed by atoms with van der Waals surface area (Å²) in [5.74, 6) is -0.980. The third-order valence-corrected chi connectivity index (χ3v) is 8.67. The lowest BCUT2D eigenvalue weighted by molar-refractivity contribution is -0.117. The predicted octanol–water partition coefficient (Wildman–Crippen LogP) is 7.47. The molecule has 0 aliphatic carbocycles. The van der Waals surface area contributed by atoms with E-state index in [9.17, 15) is 14.7 Å². The van der Waals surface area contributed by atoms with Gasteiger partial charge in [-0.05, 0) is 54.4 Å². The monoisotopic (exact) mass is 591 g/mol. The smallest absolute Gasteiger partial charge is 0.296 e. The van der Waals surface area contributed by atoms with Crippen molar-refractivity contribution in [1.82, 2.24) is 10.2 Å².